The molecule has 0 amide bonds. The van der Waals surface area contributed by atoms with Gasteiger partial charge in [0.25, 0.3) is 0 Å². The second kappa shape index (κ2) is 8.50. The van der Waals surface area contributed by atoms with Gasteiger partial charge in [-0.25, -0.2) is 4.99 Å². The lowest BCUT2D eigenvalue weighted by Crippen LogP contribution is -2.41. The average molecular weight is 439 g/mol. The van der Waals surface area contributed by atoms with Gasteiger partial charge in [0, 0.05) is 31.7 Å². The predicted molar refractivity (Wildman–Crippen MR) is 109 cm³/mol. The molecule has 5 nitrogen and oxygen atoms in total. The van der Waals surface area contributed by atoms with E-state index in [-0.39, 0.29) is 29.4 Å². The van der Waals surface area contributed by atoms with Crippen molar-refractivity contribution in [2.24, 2.45) is 12.0 Å². The Morgan fingerprint density at radius 3 is 2.54 bits per heavy atom. The molecule has 1 heterocycles. The molecule has 0 aliphatic heterocycles. The molecule has 130 valence electrons. The van der Waals surface area contributed by atoms with E-state index in [1.54, 1.807) is 6.20 Å². The third-order valence-corrected chi connectivity index (χ3v) is 4.50. The molecule has 2 aromatic rings. The summed E-state index contributed by atoms with van der Waals surface area (Å²) in [5, 5.41) is 11.0. The number of nitrogens with zero attached hydrogens (tertiary/aromatic N) is 3. The first-order valence-corrected chi connectivity index (χ1v) is 8.28. The fraction of sp³-hybridized carbons (Fsp3) is 0.444. The van der Waals surface area contributed by atoms with E-state index in [0.717, 1.165) is 24.7 Å². The maximum Gasteiger partial charge on any atom is 0.191 e. The Morgan fingerprint density at radius 2 is 1.96 bits per heavy atom. The Morgan fingerprint density at radius 1 is 1.21 bits per heavy atom. The van der Waals surface area contributed by atoms with E-state index in [1.807, 2.05) is 17.8 Å². The van der Waals surface area contributed by atoms with E-state index in [2.05, 4.69) is 58.0 Å². The topological polar surface area (TPSA) is 54.2 Å². The van der Waals surface area contributed by atoms with E-state index in [1.165, 1.54) is 18.4 Å². The van der Waals surface area contributed by atoms with Crippen molar-refractivity contribution >= 4 is 29.9 Å². The summed E-state index contributed by atoms with van der Waals surface area (Å²) < 4.78 is 1.86. The molecule has 1 saturated carbocycles. The van der Waals surface area contributed by atoms with Crippen molar-refractivity contribution in [3.8, 4) is 0 Å². The molecule has 1 aromatic carbocycles. The van der Waals surface area contributed by atoms with Crippen LogP contribution in [-0.2, 0) is 19.0 Å². The first-order valence-electron chi connectivity index (χ1n) is 8.28. The fourth-order valence-electron chi connectivity index (χ4n) is 2.82. The molecule has 0 spiro atoms. The van der Waals surface area contributed by atoms with E-state index < -0.39 is 0 Å². The Labute approximate surface area is 161 Å². The maximum atomic E-state index is 4.67. The van der Waals surface area contributed by atoms with Crippen molar-refractivity contribution in [2.45, 2.75) is 31.7 Å². The minimum absolute atomic E-state index is 0. The quantitative estimate of drug-likeness (QED) is 0.414. The van der Waals surface area contributed by atoms with Crippen molar-refractivity contribution < 1.29 is 0 Å². The highest BCUT2D eigenvalue weighted by Gasteiger charge is 2.43. The summed E-state index contributed by atoms with van der Waals surface area (Å²) in [5.41, 5.74) is 2.81. The zero-order valence-electron chi connectivity index (χ0n) is 14.3. The summed E-state index contributed by atoms with van der Waals surface area (Å²) in [4.78, 5) is 4.67. The largest absolute Gasteiger partial charge is 0.357 e. The van der Waals surface area contributed by atoms with Gasteiger partial charge in [-0.05, 0) is 31.4 Å². The third-order valence-electron chi connectivity index (χ3n) is 4.50. The van der Waals surface area contributed by atoms with Crippen LogP contribution in [0.3, 0.4) is 0 Å². The van der Waals surface area contributed by atoms with E-state index in [9.17, 15) is 0 Å². The molecular formula is C18H26IN5. The summed E-state index contributed by atoms with van der Waals surface area (Å²) in [6.07, 6.45) is 4.29. The number of hydrogen-bond acceptors (Lipinski definition) is 2. The Bertz CT molecular complexity index is 661. The summed E-state index contributed by atoms with van der Waals surface area (Å²) in [7, 11) is 1.94. The number of aromatic nitrogens is 2. The Hall–Kier alpha value is -1.57. The minimum atomic E-state index is 0. The van der Waals surface area contributed by atoms with Crippen LogP contribution in [0.2, 0.25) is 0 Å². The lowest BCUT2D eigenvalue weighted by atomic mass is 9.96. The van der Waals surface area contributed by atoms with Crippen LogP contribution in [0.4, 0.5) is 0 Å². The van der Waals surface area contributed by atoms with Gasteiger partial charge in [0.2, 0.25) is 0 Å². The molecule has 1 aliphatic rings. The number of guanidine groups is 1. The van der Waals surface area contributed by atoms with E-state index in [4.69, 9.17) is 0 Å². The average Bonchev–Trinajstić information content (AvgIpc) is 3.27. The molecule has 3 rings (SSSR count). The minimum Gasteiger partial charge on any atom is -0.357 e. The molecule has 0 radical (unpaired) electrons. The molecule has 2 N–H and O–H groups in total. The Kier molecular flexibility index (Phi) is 6.65. The summed E-state index contributed by atoms with van der Waals surface area (Å²) in [6, 6.07) is 12.8. The van der Waals surface area contributed by atoms with Gasteiger partial charge in [0.05, 0.1) is 12.2 Å². The van der Waals surface area contributed by atoms with Crippen molar-refractivity contribution in [3.63, 3.8) is 0 Å². The third kappa shape index (κ3) is 4.49. The molecule has 6 heteroatoms. The van der Waals surface area contributed by atoms with Crippen LogP contribution in [0, 0.1) is 0 Å². The number of benzene rings is 1. The van der Waals surface area contributed by atoms with Gasteiger partial charge in [-0.3, -0.25) is 4.68 Å². The number of hydrogen-bond donors (Lipinski definition) is 2. The van der Waals surface area contributed by atoms with Crippen molar-refractivity contribution in [1.29, 1.82) is 0 Å². The first kappa shape index (κ1) is 18.8. The first-order chi connectivity index (χ1) is 11.2. The summed E-state index contributed by atoms with van der Waals surface area (Å²) in [5.74, 6) is 0.871. The van der Waals surface area contributed by atoms with E-state index >= 15 is 0 Å². The van der Waals surface area contributed by atoms with Gasteiger partial charge in [-0.1, -0.05) is 30.3 Å². The number of aliphatic imine (C=N–C) groups is 1. The van der Waals surface area contributed by atoms with Crippen LogP contribution < -0.4 is 10.6 Å². The van der Waals surface area contributed by atoms with Gasteiger partial charge < -0.3 is 10.6 Å². The maximum absolute atomic E-state index is 4.67. The van der Waals surface area contributed by atoms with Crippen molar-refractivity contribution in [2.75, 3.05) is 13.1 Å². The summed E-state index contributed by atoms with van der Waals surface area (Å²) >= 11 is 0. The SMILES string of the molecule is CCNC(=NCc1ccnn1C)NCC1(c2ccccc2)CC1.I. The molecule has 1 fully saturated rings. The monoisotopic (exact) mass is 439 g/mol. The lowest BCUT2D eigenvalue weighted by molar-refractivity contribution is 0.643. The van der Waals surface area contributed by atoms with E-state index in [0.29, 0.717) is 6.54 Å². The fourth-order valence-corrected chi connectivity index (χ4v) is 2.82. The predicted octanol–water partition coefficient (Wildman–Crippen LogP) is 2.83. The second-order valence-electron chi connectivity index (χ2n) is 6.14. The van der Waals surface area contributed by atoms with Crippen LogP contribution in [0.1, 0.15) is 31.0 Å². The van der Waals surface area contributed by atoms with Crippen molar-refractivity contribution in [3.05, 3.63) is 53.9 Å². The van der Waals surface area contributed by atoms with Gasteiger partial charge in [-0.2, -0.15) is 5.10 Å². The molecule has 1 aromatic heterocycles. The molecule has 0 atom stereocenters. The molecule has 0 saturated heterocycles. The normalized spacial score (nSPS) is 15.5. The zero-order valence-corrected chi connectivity index (χ0v) is 16.7. The van der Waals surface area contributed by atoms with Gasteiger partial charge in [0.1, 0.15) is 0 Å². The number of aryl methyl sites for hydroxylation is 1. The van der Waals surface area contributed by atoms with Crippen LogP contribution >= 0.6 is 24.0 Å². The lowest BCUT2D eigenvalue weighted by Gasteiger charge is -2.19. The number of halogens is 1. The standard InChI is InChI=1S/C18H25N5.HI/c1-3-19-17(20-13-16-9-12-22-23(16)2)21-14-18(10-11-18)15-7-5-4-6-8-15;/h4-9,12H,3,10-11,13-14H2,1-2H3,(H2,19,20,21);1H. The zero-order chi connectivity index (χ0) is 16.1. The van der Waals surface area contributed by atoms with Gasteiger partial charge in [0.15, 0.2) is 5.96 Å². The smallest absolute Gasteiger partial charge is 0.191 e. The van der Waals surface area contributed by atoms with Crippen LogP contribution in [0.5, 0.6) is 0 Å². The highest BCUT2D eigenvalue weighted by atomic mass is 127. The summed E-state index contributed by atoms with van der Waals surface area (Å²) in [6.45, 7) is 4.50. The highest BCUT2D eigenvalue weighted by molar-refractivity contribution is 14.0. The second-order valence-corrected chi connectivity index (χ2v) is 6.14. The molecular weight excluding hydrogens is 413 g/mol. The van der Waals surface area contributed by atoms with Crippen LogP contribution in [-0.4, -0.2) is 28.8 Å². The van der Waals surface area contributed by atoms with Crippen molar-refractivity contribution in [1.82, 2.24) is 20.4 Å². The van der Waals surface area contributed by atoms with Gasteiger partial charge >= 0.3 is 0 Å². The number of rotatable bonds is 6. The number of nitrogens with one attached hydrogen (secondary N) is 2. The Balaban J connectivity index is 0.00000208. The molecule has 0 bridgehead atoms. The van der Waals surface area contributed by atoms with Crippen LogP contribution in [0.25, 0.3) is 0 Å². The van der Waals surface area contributed by atoms with Gasteiger partial charge in [-0.15, -0.1) is 24.0 Å². The van der Waals surface area contributed by atoms with Crippen LogP contribution in [0.15, 0.2) is 47.6 Å². The molecule has 1 aliphatic carbocycles. The molecule has 24 heavy (non-hydrogen) atoms. The molecule has 0 unspecified atom stereocenters. The highest BCUT2D eigenvalue weighted by Crippen LogP contribution is 2.47.